The molecule has 3 heteroatoms. The van der Waals surface area contributed by atoms with Crippen LogP contribution >= 0.6 is 15.9 Å². The molecule has 0 saturated heterocycles. The molecule has 1 N–H and O–H groups in total. The summed E-state index contributed by atoms with van der Waals surface area (Å²) in [6.07, 6.45) is 1.09. The third kappa shape index (κ3) is 3.58. The van der Waals surface area contributed by atoms with E-state index in [1.807, 2.05) is 0 Å². The monoisotopic (exact) mass is 274 g/mol. The fourth-order valence-corrected chi connectivity index (χ4v) is 1.96. The van der Waals surface area contributed by atoms with Crippen molar-refractivity contribution in [2.45, 2.75) is 32.8 Å². The van der Waals surface area contributed by atoms with E-state index in [0.29, 0.717) is 17.9 Å². The first-order valence-electron chi connectivity index (χ1n) is 5.17. The molecular formula is C12H16BrFO. The summed E-state index contributed by atoms with van der Waals surface area (Å²) < 4.78 is 13.8. The summed E-state index contributed by atoms with van der Waals surface area (Å²) in [6.45, 7) is 4.16. The van der Waals surface area contributed by atoms with Crippen molar-refractivity contribution in [3.05, 3.63) is 34.1 Å². The fourth-order valence-electron chi connectivity index (χ4n) is 1.44. The van der Waals surface area contributed by atoms with Crippen LogP contribution in [0.4, 0.5) is 4.39 Å². The minimum atomic E-state index is -0.593. The molecule has 84 valence electrons. The van der Waals surface area contributed by atoms with Crippen LogP contribution in [0.1, 0.15) is 38.4 Å². The van der Waals surface area contributed by atoms with Crippen molar-refractivity contribution in [3.63, 3.8) is 0 Å². The maximum absolute atomic E-state index is 13.0. The Morgan fingerprint density at radius 3 is 2.73 bits per heavy atom. The van der Waals surface area contributed by atoms with Crippen LogP contribution in [0.5, 0.6) is 0 Å². The van der Waals surface area contributed by atoms with Gasteiger partial charge in [0, 0.05) is 4.47 Å². The van der Waals surface area contributed by atoms with Gasteiger partial charge in [0.25, 0.3) is 0 Å². The average molecular weight is 275 g/mol. The normalized spacial score (nSPS) is 15.0. The van der Waals surface area contributed by atoms with Crippen molar-refractivity contribution in [2.75, 3.05) is 0 Å². The molecule has 0 heterocycles. The van der Waals surface area contributed by atoms with Gasteiger partial charge in [0.15, 0.2) is 0 Å². The van der Waals surface area contributed by atoms with Gasteiger partial charge in [-0.05, 0) is 36.1 Å². The van der Waals surface area contributed by atoms with Crippen LogP contribution in [0.25, 0.3) is 0 Å². The Kier molecular flexibility index (Phi) is 4.74. The Labute approximate surface area is 98.4 Å². The van der Waals surface area contributed by atoms with E-state index in [9.17, 15) is 9.50 Å². The van der Waals surface area contributed by atoms with E-state index in [4.69, 9.17) is 0 Å². The van der Waals surface area contributed by atoms with Gasteiger partial charge in [0.2, 0.25) is 0 Å². The zero-order valence-corrected chi connectivity index (χ0v) is 10.6. The Balaban J connectivity index is 2.80. The van der Waals surface area contributed by atoms with Gasteiger partial charge in [-0.2, -0.15) is 0 Å². The molecule has 0 fully saturated rings. The largest absolute Gasteiger partial charge is 0.388 e. The van der Waals surface area contributed by atoms with Crippen molar-refractivity contribution in [3.8, 4) is 0 Å². The van der Waals surface area contributed by atoms with Crippen molar-refractivity contribution in [1.82, 2.24) is 0 Å². The van der Waals surface area contributed by atoms with E-state index in [0.717, 1.165) is 10.9 Å². The molecule has 2 unspecified atom stereocenters. The van der Waals surface area contributed by atoms with E-state index >= 15 is 0 Å². The standard InChI is InChI=1S/C12H16BrFO/c1-3-8(2)6-12(15)10-7-9(14)4-5-11(10)13/h4-5,7-8,12,15H,3,6H2,1-2H3. The second kappa shape index (κ2) is 5.61. The lowest BCUT2D eigenvalue weighted by Gasteiger charge is -2.16. The molecule has 1 aromatic carbocycles. The first kappa shape index (κ1) is 12.7. The summed E-state index contributed by atoms with van der Waals surface area (Å²) in [5, 5.41) is 9.93. The summed E-state index contributed by atoms with van der Waals surface area (Å²) >= 11 is 3.32. The highest BCUT2D eigenvalue weighted by atomic mass is 79.9. The summed E-state index contributed by atoms with van der Waals surface area (Å²) in [7, 11) is 0. The average Bonchev–Trinajstić information content (AvgIpc) is 2.21. The predicted octanol–water partition coefficient (Wildman–Crippen LogP) is 4.06. The predicted molar refractivity (Wildman–Crippen MR) is 63.1 cm³/mol. The third-order valence-electron chi connectivity index (χ3n) is 2.64. The summed E-state index contributed by atoms with van der Waals surface area (Å²) in [5.74, 6) is 0.131. The van der Waals surface area contributed by atoms with Crippen LogP contribution in [-0.4, -0.2) is 5.11 Å². The molecule has 0 aromatic heterocycles. The first-order chi connectivity index (χ1) is 7.04. The highest BCUT2D eigenvalue weighted by Crippen LogP contribution is 2.29. The maximum atomic E-state index is 13.0. The molecule has 1 aromatic rings. The molecule has 0 aliphatic carbocycles. The zero-order valence-electron chi connectivity index (χ0n) is 9.00. The molecule has 1 rings (SSSR count). The summed E-state index contributed by atoms with van der Waals surface area (Å²) in [5.41, 5.74) is 0.635. The highest BCUT2D eigenvalue weighted by Gasteiger charge is 2.14. The smallest absolute Gasteiger partial charge is 0.123 e. The summed E-state index contributed by atoms with van der Waals surface area (Å²) in [4.78, 5) is 0. The van der Waals surface area contributed by atoms with Gasteiger partial charge in [-0.25, -0.2) is 4.39 Å². The number of benzene rings is 1. The van der Waals surface area contributed by atoms with Crippen LogP contribution in [-0.2, 0) is 0 Å². The van der Waals surface area contributed by atoms with Crippen LogP contribution < -0.4 is 0 Å². The van der Waals surface area contributed by atoms with Crippen LogP contribution in [0.2, 0.25) is 0 Å². The van der Waals surface area contributed by atoms with Crippen molar-refractivity contribution in [2.24, 2.45) is 5.92 Å². The van der Waals surface area contributed by atoms with Gasteiger partial charge in [0.1, 0.15) is 5.82 Å². The molecule has 0 spiro atoms. The molecule has 0 radical (unpaired) electrons. The number of hydrogen-bond donors (Lipinski definition) is 1. The quantitative estimate of drug-likeness (QED) is 0.878. The number of aliphatic hydroxyl groups is 1. The molecule has 0 aliphatic heterocycles. The molecular weight excluding hydrogens is 259 g/mol. The second-order valence-corrected chi connectivity index (χ2v) is 4.79. The molecule has 15 heavy (non-hydrogen) atoms. The van der Waals surface area contributed by atoms with E-state index in [1.165, 1.54) is 12.1 Å². The Hall–Kier alpha value is -0.410. The van der Waals surface area contributed by atoms with Gasteiger partial charge in [-0.1, -0.05) is 36.2 Å². The zero-order chi connectivity index (χ0) is 11.4. The van der Waals surface area contributed by atoms with Gasteiger partial charge in [-0.3, -0.25) is 0 Å². The topological polar surface area (TPSA) is 20.2 Å². The third-order valence-corrected chi connectivity index (χ3v) is 3.36. The van der Waals surface area contributed by atoms with Gasteiger partial charge in [0.05, 0.1) is 6.10 Å². The maximum Gasteiger partial charge on any atom is 0.123 e. The molecule has 0 bridgehead atoms. The first-order valence-corrected chi connectivity index (χ1v) is 5.97. The number of hydrogen-bond acceptors (Lipinski definition) is 1. The number of rotatable bonds is 4. The van der Waals surface area contributed by atoms with Gasteiger partial charge in [-0.15, -0.1) is 0 Å². The lowest BCUT2D eigenvalue weighted by Crippen LogP contribution is -2.04. The minimum Gasteiger partial charge on any atom is -0.388 e. The van der Waals surface area contributed by atoms with Crippen LogP contribution in [0.15, 0.2) is 22.7 Å². The van der Waals surface area contributed by atoms with Gasteiger partial charge < -0.3 is 5.11 Å². The Morgan fingerprint density at radius 2 is 2.13 bits per heavy atom. The lowest BCUT2D eigenvalue weighted by molar-refractivity contribution is 0.145. The van der Waals surface area contributed by atoms with Gasteiger partial charge >= 0.3 is 0 Å². The summed E-state index contributed by atoms with van der Waals surface area (Å²) in [6, 6.07) is 4.39. The minimum absolute atomic E-state index is 0.309. The van der Waals surface area contributed by atoms with E-state index in [1.54, 1.807) is 6.07 Å². The van der Waals surface area contributed by atoms with Crippen molar-refractivity contribution < 1.29 is 9.50 Å². The fraction of sp³-hybridized carbons (Fsp3) is 0.500. The SMILES string of the molecule is CCC(C)CC(O)c1cc(F)ccc1Br. The molecule has 2 atom stereocenters. The molecule has 0 amide bonds. The van der Waals surface area contributed by atoms with Crippen LogP contribution in [0, 0.1) is 11.7 Å². The van der Waals surface area contributed by atoms with Crippen molar-refractivity contribution in [1.29, 1.82) is 0 Å². The van der Waals surface area contributed by atoms with Crippen LogP contribution in [0.3, 0.4) is 0 Å². The van der Waals surface area contributed by atoms with E-state index < -0.39 is 6.10 Å². The second-order valence-electron chi connectivity index (χ2n) is 3.93. The van der Waals surface area contributed by atoms with E-state index in [2.05, 4.69) is 29.8 Å². The number of halogens is 2. The molecule has 0 saturated carbocycles. The molecule has 1 nitrogen and oxygen atoms in total. The van der Waals surface area contributed by atoms with E-state index in [-0.39, 0.29) is 5.82 Å². The highest BCUT2D eigenvalue weighted by molar-refractivity contribution is 9.10. The Morgan fingerprint density at radius 1 is 1.47 bits per heavy atom. The number of aliphatic hydroxyl groups excluding tert-OH is 1. The Bertz CT molecular complexity index is 327. The van der Waals surface area contributed by atoms with Crippen molar-refractivity contribution >= 4 is 15.9 Å². The lowest BCUT2D eigenvalue weighted by atomic mass is 9.96. The molecule has 0 aliphatic rings.